The van der Waals surface area contributed by atoms with E-state index < -0.39 is 9.85 Å². The number of nitro groups is 2. The fraction of sp³-hybridized carbons (Fsp3) is 0.118. The summed E-state index contributed by atoms with van der Waals surface area (Å²) in [4.78, 5) is 24.6. The summed E-state index contributed by atoms with van der Waals surface area (Å²) < 4.78 is 1.95. The van der Waals surface area contributed by atoms with E-state index in [1.165, 1.54) is 12.1 Å². The zero-order valence-electron chi connectivity index (χ0n) is 13.6. The summed E-state index contributed by atoms with van der Waals surface area (Å²) in [6.45, 7) is 1.07. The number of aromatic nitrogens is 2. The van der Waals surface area contributed by atoms with Gasteiger partial charge in [0.1, 0.15) is 5.69 Å². The molecule has 0 saturated heterocycles. The van der Waals surface area contributed by atoms with Crippen molar-refractivity contribution in [2.75, 3.05) is 5.32 Å². The average molecular weight is 353 g/mol. The number of benzene rings is 2. The van der Waals surface area contributed by atoms with Crippen molar-refractivity contribution in [2.24, 2.45) is 0 Å². The van der Waals surface area contributed by atoms with Crippen molar-refractivity contribution in [3.63, 3.8) is 0 Å². The van der Waals surface area contributed by atoms with Crippen LogP contribution in [0.15, 0.2) is 61.2 Å². The molecule has 26 heavy (non-hydrogen) atoms. The lowest BCUT2D eigenvalue weighted by Crippen LogP contribution is -2.04. The van der Waals surface area contributed by atoms with Gasteiger partial charge in [0.2, 0.25) is 0 Å². The molecule has 1 aromatic heterocycles. The number of non-ortho nitro benzene ring substituents is 1. The topological polar surface area (TPSA) is 116 Å². The smallest absolute Gasteiger partial charge is 0.299 e. The third-order valence-corrected chi connectivity index (χ3v) is 3.82. The van der Waals surface area contributed by atoms with Gasteiger partial charge in [-0.1, -0.05) is 24.3 Å². The Morgan fingerprint density at radius 3 is 2.35 bits per heavy atom. The largest absolute Gasteiger partial charge is 0.375 e. The van der Waals surface area contributed by atoms with E-state index in [-0.39, 0.29) is 17.1 Å². The number of anilines is 1. The fourth-order valence-corrected chi connectivity index (χ4v) is 2.49. The van der Waals surface area contributed by atoms with Crippen LogP contribution in [0.1, 0.15) is 11.1 Å². The highest BCUT2D eigenvalue weighted by Gasteiger charge is 2.19. The Kier molecular flexibility index (Phi) is 4.88. The van der Waals surface area contributed by atoms with Crippen molar-refractivity contribution >= 4 is 17.1 Å². The number of nitro benzene ring substituents is 2. The van der Waals surface area contributed by atoms with Crippen molar-refractivity contribution in [3.8, 4) is 0 Å². The van der Waals surface area contributed by atoms with Gasteiger partial charge < -0.3 is 9.88 Å². The molecule has 132 valence electrons. The average Bonchev–Trinajstić information content (AvgIpc) is 3.14. The van der Waals surface area contributed by atoms with Gasteiger partial charge in [0.15, 0.2) is 0 Å². The molecule has 9 nitrogen and oxygen atoms in total. The lowest BCUT2D eigenvalue weighted by molar-refractivity contribution is -0.393. The zero-order chi connectivity index (χ0) is 18.5. The van der Waals surface area contributed by atoms with E-state index >= 15 is 0 Å². The highest BCUT2D eigenvalue weighted by Crippen LogP contribution is 2.29. The number of nitrogens with one attached hydrogen (secondary N) is 1. The van der Waals surface area contributed by atoms with Crippen LogP contribution in [0, 0.1) is 20.2 Å². The van der Waals surface area contributed by atoms with Gasteiger partial charge in [-0.2, -0.15) is 0 Å². The third kappa shape index (κ3) is 4.01. The molecule has 9 heteroatoms. The van der Waals surface area contributed by atoms with E-state index in [1.54, 1.807) is 12.5 Å². The highest BCUT2D eigenvalue weighted by atomic mass is 16.6. The Bertz CT molecular complexity index is 923. The Labute approximate surface area is 148 Å². The van der Waals surface area contributed by atoms with E-state index in [2.05, 4.69) is 10.3 Å². The second kappa shape index (κ2) is 7.43. The van der Waals surface area contributed by atoms with Crippen LogP contribution in [0.5, 0.6) is 0 Å². The van der Waals surface area contributed by atoms with Gasteiger partial charge in [-0.25, -0.2) is 4.98 Å². The van der Waals surface area contributed by atoms with Crippen LogP contribution in [-0.2, 0) is 13.1 Å². The summed E-state index contributed by atoms with van der Waals surface area (Å²) in [6, 6.07) is 11.3. The molecule has 0 aliphatic rings. The zero-order valence-corrected chi connectivity index (χ0v) is 13.6. The first-order chi connectivity index (χ1) is 12.5. The van der Waals surface area contributed by atoms with Crippen LogP contribution in [0.4, 0.5) is 17.1 Å². The Morgan fingerprint density at radius 1 is 1.00 bits per heavy atom. The predicted molar refractivity (Wildman–Crippen MR) is 94.8 cm³/mol. The van der Waals surface area contributed by atoms with Crippen molar-refractivity contribution in [2.45, 2.75) is 13.1 Å². The molecule has 0 aliphatic heterocycles. The summed E-state index contributed by atoms with van der Waals surface area (Å²) in [6.07, 6.45) is 5.34. The van der Waals surface area contributed by atoms with E-state index in [4.69, 9.17) is 0 Å². The quantitative estimate of drug-likeness (QED) is 0.514. The first-order valence-electron chi connectivity index (χ1n) is 7.73. The number of hydrogen-bond acceptors (Lipinski definition) is 6. The molecule has 0 amide bonds. The van der Waals surface area contributed by atoms with Gasteiger partial charge in [-0.05, 0) is 17.2 Å². The van der Waals surface area contributed by atoms with Gasteiger partial charge in [-0.3, -0.25) is 20.2 Å². The summed E-state index contributed by atoms with van der Waals surface area (Å²) >= 11 is 0. The number of nitrogens with zero attached hydrogens (tertiary/aromatic N) is 4. The molecule has 1 heterocycles. The number of hydrogen-bond donors (Lipinski definition) is 1. The molecule has 1 N–H and O–H groups in total. The van der Waals surface area contributed by atoms with Gasteiger partial charge in [0.25, 0.3) is 11.4 Å². The monoisotopic (exact) mass is 353 g/mol. The van der Waals surface area contributed by atoms with Gasteiger partial charge in [0.05, 0.1) is 22.2 Å². The van der Waals surface area contributed by atoms with Gasteiger partial charge in [0, 0.05) is 31.5 Å². The summed E-state index contributed by atoms with van der Waals surface area (Å²) in [7, 11) is 0. The standard InChI is InChI=1S/C17H15N5O4/c23-21(24)15-5-6-16(17(9-15)22(25)26)19-10-13-1-3-14(4-2-13)11-20-8-7-18-12-20/h1-9,12,19H,10-11H2. The maximum Gasteiger partial charge on any atom is 0.299 e. The fourth-order valence-electron chi connectivity index (χ4n) is 2.49. The van der Waals surface area contributed by atoms with E-state index in [0.29, 0.717) is 13.1 Å². The second-order valence-electron chi connectivity index (χ2n) is 5.62. The molecule has 2 aromatic carbocycles. The molecular formula is C17H15N5O4. The lowest BCUT2D eigenvalue weighted by atomic mass is 10.1. The van der Waals surface area contributed by atoms with Gasteiger partial charge in [-0.15, -0.1) is 0 Å². The van der Waals surface area contributed by atoms with Crippen LogP contribution >= 0.6 is 0 Å². The molecular weight excluding hydrogens is 338 g/mol. The first-order valence-corrected chi connectivity index (χ1v) is 7.73. The van der Waals surface area contributed by atoms with Crippen molar-refractivity contribution in [1.82, 2.24) is 9.55 Å². The van der Waals surface area contributed by atoms with E-state index in [1.807, 2.05) is 35.0 Å². The lowest BCUT2D eigenvalue weighted by Gasteiger charge is -2.08. The number of rotatable bonds is 7. The number of imidazole rings is 1. The molecule has 0 unspecified atom stereocenters. The van der Waals surface area contributed by atoms with Gasteiger partial charge >= 0.3 is 0 Å². The molecule has 0 atom stereocenters. The van der Waals surface area contributed by atoms with Crippen LogP contribution in [0.3, 0.4) is 0 Å². The summed E-state index contributed by atoms with van der Waals surface area (Å²) in [5, 5.41) is 24.9. The van der Waals surface area contributed by atoms with Crippen molar-refractivity contribution < 1.29 is 9.85 Å². The molecule has 3 aromatic rings. The molecule has 0 spiro atoms. The summed E-state index contributed by atoms with van der Waals surface area (Å²) in [5.41, 5.74) is 1.64. The molecule has 3 rings (SSSR count). The predicted octanol–water partition coefficient (Wildman–Crippen LogP) is 3.36. The van der Waals surface area contributed by atoms with Crippen LogP contribution in [0.25, 0.3) is 0 Å². The minimum Gasteiger partial charge on any atom is -0.375 e. The van der Waals surface area contributed by atoms with Crippen LogP contribution in [-0.4, -0.2) is 19.4 Å². The molecule has 0 bridgehead atoms. The van der Waals surface area contributed by atoms with Crippen LogP contribution in [0.2, 0.25) is 0 Å². The van der Waals surface area contributed by atoms with E-state index in [0.717, 1.165) is 17.2 Å². The Balaban J connectivity index is 1.68. The molecule has 0 aliphatic carbocycles. The van der Waals surface area contributed by atoms with Crippen molar-refractivity contribution in [1.29, 1.82) is 0 Å². The molecule has 0 fully saturated rings. The first kappa shape index (κ1) is 17.1. The summed E-state index contributed by atoms with van der Waals surface area (Å²) in [5.74, 6) is 0. The minimum absolute atomic E-state index is 0.239. The Hall–Kier alpha value is -3.75. The van der Waals surface area contributed by atoms with Crippen LogP contribution < -0.4 is 5.32 Å². The second-order valence-corrected chi connectivity index (χ2v) is 5.62. The maximum absolute atomic E-state index is 11.1. The van der Waals surface area contributed by atoms with E-state index in [9.17, 15) is 20.2 Å². The van der Waals surface area contributed by atoms with Crippen molar-refractivity contribution in [3.05, 3.63) is 92.5 Å². The minimum atomic E-state index is -0.657. The normalized spacial score (nSPS) is 10.5. The SMILES string of the molecule is O=[N+]([O-])c1ccc(NCc2ccc(Cn3ccnc3)cc2)c([N+](=O)[O-])c1. The highest BCUT2D eigenvalue weighted by molar-refractivity contribution is 5.65. The molecule has 0 radical (unpaired) electrons. The molecule has 0 saturated carbocycles. The Morgan fingerprint density at radius 2 is 1.73 bits per heavy atom. The third-order valence-electron chi connectivity index (χ3n) is 3.82. The maximum atomic E-state index is 11.1.